The van der Waals surface area contributed by atoms with Gasteiger partial charge in [0.15, 0.2) is 5.69 Å². The Morgan fingerprint density at radius 2 is 2.13 bits per heavy atom. The molecule has 7 heteroatoms. The average molecular weight is 312 g/mol. The molecule has 0 spiro atoms. The molecule has 1 fully saturated rings. The normalized spacial score (nSPS) is 16.0. The fourth-order valence-corrected chi connectivity index (χ4v) is 2.40. The van der Waals surface area contributed by atoms with Gasteiger partial charge in [-0.05, 0) is 24.5 Å². The maximum atomic E-state index is 12.5. The number of pyridine rings is 1. The Balaban J connectivity index is 1.59. The van der Waals surface area contributed by atoms with Crippen LogP contribution in [-0.2, 0) is 6.54 Å². The van der Waals surface area contributed by atoms with Crippen LogP contribution >= 0.6 is 0 Å². The van der Waals surface area contributed by atoms with E-state index in [1.54, 1.807) is 12.4 Å². The molecule has 1 aliphatic heterocycles. The minimum Gasteiger partial charge on any atom is -0.483 e. The number of hydrogen-bond donors (Lipinski definition) is 1. The molecule has 4 rings (SSSR count). The molecular weight excluding hydrogens is 296 g/mol. The van der Waals surface area contributed by atoms with Gasteiger partial charge in [-0.15, -0.1) is 0 Å². The summed E-state index contributed by atoms with van der Waals surface area (Å²) >= 11 is 0. The zero-order valence-electron chi connectivity index (χ0n) is 12.5. The van der Waals surface area contributed by atoms with Crippen LogP contribution in [0.25, 0.3) is 0 Å². The highest BCUT2D eigenvalue weighted by atomic mass is 16.6. The van der Waals surface area contributed by atoms with Crippen molar-refractivity contribution in [2.24, 2.45) is 0 Å². The maximum absolute atomic E-state index is 12.5. The SMILES string of the molecule is O=C(NCc1cccnc1)c1nc(C2CC2)nc2c1OCCO2. The first kappa shape index (κ1) is 13.9. The second-order valence-electron chi connectivity index (χ2n) is 5.58. The molecule has 1 aliphatic carbocycles. The Hall–Kier alpha value is -2.70. The largest absolute Gasteiger partial charge is 0.483 e. The van der Waals surface area contributed by atoms with Gasteiger partial charge in [-0.3, -0.25) is 9.78 Å². The minimum absolute atomic E-state index is 0.250. The smallest absolute Gasteiger partial charge is 0.274 e. The first-order valence-corrected chi connectivity index (χ1v) is 7.66. The number of nitrogens with one attached hydrogen (secondary N) is 1. The van der Waals surface area contributed by atoms with Gasteiger partial charge < -0.3 is 14.8 Å². The van der Waals surface area contributed by atoms with Crippen molar-refractivity contribution in [3.05, 3.63) is 41.6 Å². The van der Waals surface area contributed by atoms with Crippen LogP contribution in [0.5, 0.6) is 11.6 Å². The Kier molecular flexibility index (Phi) is 3.53. The molecule has 0 atom stereocenters. The topological polar surface area (TPSA) is 86.2 Å². The third kappa shape index (κ3) is 2.94. The molecule has 3 heterocycles. The van der Waals surface area contributed by atoms with Crippen LogP contribution in [0.2, 0.25) is 0 Å². The molecule has 0 aromatic carbocycles. The van der Waals surface area contributed by atoms with E-state index in [1.165, 1.54) is 0 Å². The van der Waals surface area contributed by atoms with Gasteiger partial charge in [0.25, 0.3) is 11.8 Å². The summed E-state index contributed by atoms with van der Waals surface area (Å²) in [5.41, 5.74) is 1.17. The van der Waals surface area contributed by atoms with E-state index in [9.17, 15) is 4.79 Å². The van der Waals surface area contributed by atoms with Crippen molar-refractivity contribution in [1.82, 2.24) is 20.3 Å². The van der Waals surface area contributed by atoms with Crippen LogP contribution in [0.3, 0.4) is 0 Å². The lowest BCUT2D eigenvalue weighted by molar-refractivity contribution is 0.0930. The highest BCUT2D eigenvalue weighted by Crippen LogP contribution is 2.41. The van der Waals surface area contributed by atoms with E-state index in [1.807, 2.05) is 12.1 Å². The molecule has 7 nitrogen and oxygen atoms in total. The van der Waals surface area contributed by atoms with Gasteiger partial charge in [0.1, 0.15) is 19.0 Å². The van der Waals surface area contributed by atoms with Gasteiger partial charge in [0, 0.05) is 24.9 Å². The Morgan fingerprint density at radius 3 is 2.91 bits per heavy atom. The van der Waals surface area contributed by atoms with E-state index in [0.29, 0.717) is 43.1 Å². The van der Waals surface area contributed by atoms with Gasteiger partial charge in [0.2, 0.25) is 5.75 Å². The molecule has 2 aromatic heterocycles. The number of fused-ring (bicyclic) bond motifs is 1. The Labute approximate surface area is 133 Å². The van der Waals surface area contributed by atoms with Crippen molar-refractivity contribution < 1.29 is 14.3 Å². The standard InChI is InChI=1S/C16H16N4O3/c21-15(18-9-10-2-1-5-17-8-10)12-13-16(23-7-6-22-13)20-14(19-12)11-3-4-11/h1-2,5,8,11H,3-4,6-7,9H2,(H,18,21). The third-order valence-electron chi connectivity index (χ3n) is 3.75. The average Bonchev–Trinajstić information content (AvgIpc) is 3.45. The number of amides is 1. The van der Waals surface area contributed by atoms with Crippen molar-refractivity contribution in [2.75, 3.05) is 13.2 Å². The minimum atomic E-state index is -0.292. The van der Waals surface area contributed by atoms with Crippen LogP contribution in [0.1, 0.15) is 40.6 Å². The van der Waals surface area contributed by atoms with Crippen LogP contribution in [0.15, 0.2) is 24.5 Å². The number of aromatic nitrogens is 3. The van der Waals surface area contributed by atoms with Gasteiger partial charge in [-0.25, -0.2) is 4.98 Å². The summed E-state index contributed by atoms with van der Waals surface area (Å²) in [5.74, 6) is 1.42. The van der Waals surface area contributed by atoms with Crippen LogP contribution in [0, 0.1) is 0 Å². The highest BCUT2D eigenvalue weighted by molar-refractivity contribution is 5.95. The molecular formula is C16H16N4O3. The first-order valence-electron chi connectivity index (χ1n) is 7.66. The highest BCUT2D eigenvalue weighted by Gasteiger charge is 2.32. The lowest BCUT2D eigenvalue weighted by atomic mass is 10.2. The number of carbonyl (C=O) groups excluding carboxylic acids is 1. The Bertz CT molecular complexity index is 732. The molecule has 0 saturated heterocycles. The second kappa shape index (κ2) is 5.83. The molecule has 1 saturated carbocycles. The molecule has 0 radical (unpaired) electrons. The van der Waals surface area contributed by atoms with Crippen LogP contribution < -0.4 is 14.8 Å². The van der Waals surface area contributed by atoms with Crippen molar-refractivity contribution in [3.8, 4) is 11.6 Å². The van der Waals surface area contributed by atoms with E-state index in [4.69, 9.17) is 9.47 Å². The molecule has 1 N–H and O–H groups in total. The van der Waals surface area contributed by atoms with Crippen molar-refractivity contribution in [1.29, 1.82) is 0 Å². The zero-order chi connectivity index (χ0) is 15.6. The summed E-state index contributed by atoms with van der Waals surface area (Å²) in [6.07, 6.45) is 5.51. The summed E-state index contributed by atoms with van der Waals surface area (Å²) < 4.78 is 11.1. The number of hydrogen-bond acceptors (Lipinski definition) is 6. The molecule has 2 aliphatic rings. The number of nitrogens with zero attached hydrogens (tertiary/aromatic N) is 3. The van der Waals surface area contributed by atoms with E-state index < -0.39 is 0 Å². The van der Waals surface area contributed by atoms with Gasteiger partial charge >= 0.3 is 0 Å². The molecule has 0 bridgehead atoms. The van der Waals surface area contributed by atoms with Gasteiger partial charge in [-0.1, -0.05) is 6.07 Å². The lowest BCUT2D eigenvalue weighted by Gasteiger charge is -2.20. The lowest BCUT2D eigenvalue weighted by Crippen LogP contribution is -2.27. The van der Waals surface area contributed by atoms with E-state index in [2.05, 4.69) is 20.3 Å². The fourth-order valence-electron chi connectivity index (χ4n) is 2.40. The van der Waals surface area contributed by atoms with E-state index in [0.717, 1.165) is 18.4 Å². The monoisotopic (exact) mass is 312 g/mol. The predicted octanol–water partition coefficient (Wildman–Crippen LogP) is 1.45. The number of rotatable bonds is 4. The maximum Gasteiger partial charge on any atom is 0.274 e. The Morgan fingerprint density at radius 1 is 1.26 bits per heavy atom. The summed E-state index contributed by atoms with van der Waals surface area (Å²) in [6, 6.07) is 3.73. The molecule has 1 amide bonds. The van der Waals surface area contributed by atoms with E-state index >= 15 is 0 Å². The van der Waals surface area contributed by atoms with Gasteiger partial charge in [-0.2, -0.15) is 4.98 Å². The number of ether oxygens (including phenoxy) is 2. The van der Waals surface area contributed by atoms with Crippen molar-refractivity contribution in [3.63, 3.8) is 0 Å². The number of carbonyl (C=O) groups is 1. The predicted molar refractivity (Wildman–Crippen MR) is 80.4 cm³/mol. The summed E-state index contributed by atoms with van der Waals surface area (Å²) in [5, 5.41) is 2.85. The summed E-state index contributed by atoms with van der Waals surface area (Å²) in [4.78, 5) is 25.4. The van der Waals surface area contributed by atoms with Crippen LogP contribution in [-0.4, -0.2) is 34.1 Å². The first-order chi connectivity index (χ1) is 11.3. The zero-order valence-corrected chi connectivity index (χ0v) is 12.5. The molecule has 23 heavy (non-hydrogen) atoms. The van der Waals surface area contributed by atoms with E-state index in [-0.39, 0.29) is 11.6 Å². The van der Waals surface area contributed by atoms with Gasteiger partial charge in [0.05, 0.1) is 0 Å². The molecule has 118 valence electrons. The summed E-state index contributed by atoms with van der Waals surface area (Å²) in [7, 11) is 0. The van der Waals surface area contributed by atoms with Crippen molar-refractivity contribution in [2.45, 2.75) is 25.3 Å². The van der Waals surface area contributed by atoms with Crippen LogP contribution in [0.4, 0.5) is 0 Å². The van der Waals surface area contributed by atoms with Crippen molar-refractivity contribution >= 4 is 5.91 Å². The quantitative estimate of drug-likeness (QED) is 0.919. The third-order valence-corrected chi connectivity index (χ3v) is 3.75. The molecule has 2 aromatic rings. The fraction of sp³-hybridized carbons (Fsp3) is 0.375. The molecule has 0 unspecified atom stereocenters. The second-order valence-corrected chi connectivity index (χ2v) is 5.58. The summed E-state index contributed by atoms with van der Waals surface area (Å²) in [6.45, 7) is 1.21.